The molecule has 2 rings (SSSR count). The van der Waals surface area contributed by atoms with Crippen molar-refractivity contribution in [2.45, 2.75) is 26.3 Å². The van der Waals surface area contributed by atoms with Crippen LogP contribution in [0.5, 0.6) is 0 Å². The standard InChI is InChI=1S/C14H21NO3/c1-12-13(4-7-18-12)8-15(2)9-14(10-16)5-3-6-17-11-14/h4,7,10H,3,5-6,8-9,11H2,1-2H3. The van der Waals surface area contributed by atoms with Gasteiger partial charge in [0.25, 0.3) is 0 Å². The molecule has 0 spiro atoms. The fourth-order valence-electron chi connectivity index (χ4n) is 2.59. The molecule has 0 radical (unpaired) electrons. The highest BCUT2D eigenvalue weighted by Crippen LogP contribution is 2.27. The van der Waals surface area contributed by atoms with Gasteiger partial charge in [0.2, 0.25) is 0 Å². The van der Waals surface area contributed by atoms with Gasteiger partial charge in [0, 0.05) is 25.3 Å². The Morgan fingerprint density at radius 2 is 2.39 bits per heavy atom. The zero-order valence-corrected chi connectivity index (χ0v) is 11.1. The summed E-state index contributed by atoms with van der Waals surface area (Å²) >= 11 is 0. The number of carbonyl (C=O) groups is 1. The SMILES string of the molecule is Cc1occc1CN(C)CC1(C=O)CCCOC1. The number of nitrogens with zero attached hydrogens (tertiary/aromatic N) is 1. The van der Waals surface area contributed by atoms with E-state index in [0.717, 1.165) is 44.6 Å². The quantitative estimate of drug-likeness (QED) is 0.751. The molecule has 1 unspecified atom stereocenters. The third kappa shape index (κ3) is 3.00. The maximum atomic E-state index is 11.4. The number of furan rings is 1. The van der Waals surface area contributed by atoms with Crippen LogP contribution < -0.4 is 0 Å². The van der Waals surface area contributed by atoms with E-state index in [1.807, 2.05) is 20.0 Å². The molecule has 1 saturated heterocycles. The van der Waals surface area contributed by atoms with E-state index in [1.54, 1.807) is 6.26 Å². The van der Waals surface area contributed by atoms with Crippen molar-refractivity contribution in [3.8, 4) is 0 Å². The Hall–Kier alpha value is -1.13. The van der Waals surface area contributed by atoms with E-state index in [-0.39, 0.29) is 5.41 Å². The van der Waals surface area contributed by atoms with Crippen molar-refractivity contribution < 1.29 is 13.9 Å². The van der Waals surface area contributed by atoms with Crippen molar-refractivity contribution in [3.63, 3.8) is 0 Å². The van der Waals surface area contributed by atoms with Crippen LogP contribution in [0.15, 0.2) is 16.7 Å². The van der Waals surface area contributed by atoms with Crippen LogP contribution in [-0.2, 0) is 16.1 Å². The number of aldehydes is 1. The number of rotatable bonds is 5. The fourth-order valence-corrected chi connectivity index (χ4v) is 2.59. The second-order valence-corrected chi connectivity index (χ2v) is 5.31. The van der Waals surface area contributed by atoms with Crippen LogP contribution in [0.1, 0.15) is 24.2 Å². The topological polar surface area (TPSA) is 42.7 Å². The lowest BCUT2D eigenvalue weighted by Crippen LogP contribution is -2.42. The second kappa shape index (κ2) is 5.67. The molecule has 0 aliphatic carbocycles. The first-order valence-electron chi connectivity index (χ1n) is 6.41. The molecule has 0 aromatic carbocycles. The Bertz CT molecular complexity index is 393. The van der Waals surface area contributed by atoms with E-state index in [9.17, 15) is 4.79 Å². The van der Waals surface area contributed by atoms with E-state index in [2.05, 4.69) is 4.90 Å². The lowest BCUT2D eigenvalue weighted by atomic mass is 9.83. The van der Waals surface area contributed by atoms with Gasteiger partial charge in [-0.1, -0.05) is 0 Å². The van der Waals surface area contributed by atoms with Crippen LogP contribution in [0.25, 0.3) is 0 Å². The summed E-state index contributed by atoms with van der Waals surface area (Å²) in [7, 11) is 2.03. The summed E-state index contributed by atoms with van der Waals surface area (Å²) in [5.74, 6) is 0.946. The van der Waals surface area contributed by atoms with E-state index >= 15 is 0 Å². The minimum Gasteiger partial charge on any atom is -0.469 e. The van der Waals surface area contributed by atoms with Gasteiger partial charge in [-0.25, -0.2) is 0 Å². The van der Waals surface area contributed by atoms with Gasteiger partial charge >= 0.3 is 0 Å². The summed E-state index contributed by atoms with van der Waals surface area (Å²) in [5.41, 5.74) is 0.847. The molecule has 2 heterocycles. The van der Waals surface area contributed by atoms with Crippen LogP contribution >= 0.6 is 0 Å². The molecule has 18 heavy (non-hydrogen) atoms. The summed E-state index contributed by atoms with van der Waals surface area (Å²) < 4.78 is 10.7. The maximum Gasteiger partial charge on any atom is 0.129 e. The molecule has 1 atom stereocenters. The first-order valence-corrected chi connectivity index (χ1v) is 6.41. The Balaban J connectivity index is 1.95. The summed E-state index contributed by atoms with van der Waals surface area (Å²) in [6.07, 6.45) is 4.67. The number of ether oxygens (including phenoxy) is 1. The summed E-state index contributed by atoms with van der Waals surface area (Å²) in [6, 6.07) is 1.98. The van der Waals surface area contributed by atoms with Gasteiger partial charge in [0.15, 0.2) is 0 Å². The van der Waals surface area contributed by atoms with Crippen molar-refractivity contribution in [3.05, 3.63) is 23.7 Å². The van der Waals surface area contributed by atoms with Gasteiger partial charge < -0.3 is 18.8 Å². The van der Waals surface area contributed by atoms with Gasteiger partial charge in [-0.2, -0.15) is 0 Å². The molecule has 0 bridgehead atoms. The van der Waals surface area contributed by atoms with Crippen LogP contribution in [0.3, 0.4) is 0 Å². The van der Waals surface area contributed by atoms with Crippen molar-refractivity contribution in [2.75, 3.05) is 26.8 Å². The lowest BCUT2D eigenvalue weighted by molar-refractivity contribution is -0.125. The van der Waals surface area contributed by atoms with Crippen molar-refractivity contribution in [2.24, 2.45) is 5.41 Å². The molecule has 1 aliphatic heterocycles. The predicted octanol–water partition coefficient (Wildman–Crippen LogP) is 2.02. The fraction of sp³-hybridized carbons (Fsp3) is 0.643. The second-order valence-electron chi connectivity index (χ2n) is 5.31. The first kappa shape index (κ1) is 13.3. The van der Waals surface area contributed by atoms with Crippen molar-refractivity contribution >= 4 is 6.29 Å². The Kier molecular flexibility index (Phi) is 4.19. The molecule has 100 valence electrons. The van der Waals surface area contributed by atoms with Crippen LogP contribution in [0.4, 0.5) is 0 Å². The molecule has 1 aromatic rings. The van der Waals surface area contributed by atoms with E-state index < -0.39 is 0 Å². The Morgan fingerprint density at radius 3 is 2.94 bits per heavy atom. The largest absolute Gasteiger partial charge is 0.469 e. The zero-order valence-electron chi connectivity index (χ0n) is 11.1. The van der Waals surface area contributed by atoms with E-state index in [0.29, 0.717) is 6.61 Å². The molecular formula is C14H21NO3. The molecule has 1 fully saturated rings. The zero-order chi connectivity index (χ0) is 13.0. The van der Waals surface area contributed by atoms with Gasteiger partial charge in [-0.05, 0) is 32.9 Å². The Labute approximate surface area is 108 Å². The molecule has 4 heteroatoms. The summed E-state index contributed by atoms with van der Waals surface area (Å²) in [6.45, 7) is 4.83. The van der Waals surface area contributed by atoms with E-state index in [1.165, 1.54) is 5.56 Å². The highest BCUT2D eigenvalue weighted by atomic mass is 16.5. The maximum absolute atomic E-state index is 11.4. The average Bonchev–Trinajstić information content (AvgIpc) is 2.76. The highest BCUT2D eigenvalue weighted by Gasteiger charge is 2.33. The molecule has 0 N–H and O–H groups in total. The third-order valence-electron chi connectivity index (χ3n) is 3.59. The minimum atomic E-state index is -0.329. The first-order chi connectivity index (χ1) is 8.65. The summed E-state index contributed by atoms with van der Waals surface area (Å²) in [5, 5.41) is 0. The third-order valence-corrected chi connectivity index (χ3v) is 3.59. The number of aryl methyl sites for hydroxylation is 1. The Morgan fingerprint density at radius 1 is 1.56 bits per heavy atom. The number of carbonyl (C=O) groups excluding carboxylic acids is 1. The monoisotopic (exact) mass is 251 g/mol. The van der Waals surface area contributed by atoms with Gasteiger partial charge in [-0.15, -0.1) is 0 Å². The number of hydrogen-bond acceptors (Lipinski definition) is 4. The molecule has 1 aliphatic rings. The number of hydrogen-bond donors (Lipinski definition) is 0. The molecule has 0 saturated carbocycles. The summed E-state index contributed by atoms with van der Waals surface area (Å²) in [4.78, 5) is 13.5. The van der Waals surface area contributed by atoms with Crippen LogP contribution in [-0.4, -0.2) is 38.0 Å². The highest BCUT2D eigenvalue weighted by molar-refractivity contribution is 5.60. The molecule has 1 aromatic heterocycles. The normalized spacial score (nSPS) is 24.4. The molecule has 4 nitrogen and oxygen atoms in total. The van der Waals surface area contributed by atoms with E-state index in [4.69, 9.17) is 9.15 Å². The van der Waals surface area contributed by atoms with Crippen molar-refractivity contribution in [1.29, 1.82) is 0 Å². The molecule has 0 amide bonds. The van der Waals surface area contributed by atoms with Gasteiger partial charge in [0.1, 0.15) is 12.0 Å². The molecular weight excluding hydrogens is 230 g/mol. The van der Waals surface area contributed by atoms with Crippen molar-refractivity contribution in [1.82, 2.24) is 4.90 Å². The average molecular weight is 251 g/mol. The van der Waals surface area contributed by atoms with Crippen LogP contribution in [0.2, 0.25) is 0 Å². The van der Waals surface area contributed by atoms with Crippen LogP contribution in [0, 0.1) is 12.3 Å². The van der Waals surface area contributed by atoms with Gasteiger partial charge in [-0.3, -0.25) is 0 Å². The minimum absolute atomic E-state index is 0.329. The van der Waals surface area contributed by atoms with Gasteiger partial charge in [0.05, 0.1) is 18.3 Å². The smallest absolute Gasteiger partial charge is 0.129 e. The lowest BCUT2D eigenvalue weighted by Gasteiger charge is -2.35. The predicted molar refractivity (Wildman–Crippen MR) is 68.3 cm³/mol.